The Balaban J connectivity index is 2.37. The molecule has 0 aromatic heterocycles. The Hall–Kier alpha value is -1.53. The topological polar surface area (TPSA) is 29.5 Å². The van der Waals surface area contributed by atoms with E-state index in [1.807, 2.05) is 13.0 Å². The van der Waals surface area contributed by atoms with Crippen molar-refractivity contribution in [3.63, 3.8) is 0 Å². The average molecular weight is 361 g/mol. The highest BCUT2D eigenvalue weighted by Gasteiger charge is 2.33. The van der Waals surface area contributed by atoms with E-state index in [1.54, 1.807) is 12.1 Å². The van der Waals surface area contributed by atoms with Crippen molar-refractivity contribution in [3.8, 4) is 11.5 Å². The zero-order chi connectivity index (χ0) is 15.6. The largest absolute Gasteiger partial charge is 0.456 e. The molecule has 0 saturated heterocycles. The molecule has 1 N–H and O–H groups in total. The van der Waals surface area contributed by atoms with Gasteiger partial charge in [0.15, 0.2) is 0 Å². The maximum atomic E-state index is 12.9. The van der Waals surface area contributed by atoms with Crippen molar-refractivity contribution in [3.05, 3.63) is 57.6 Å². The molecule has 112 valence electrons. The molecular formula is C15H12BrF3O2. The second-order valence-corrected chi connectivity index (χ2v) is 5.37. The summed E-state index contributed by atoms with van der Waals surface area (Å²) >= 11 is 3.30. The highest BCUT2D eigenvalue weighted by atomic mass is 79.9. The molecule has 6 heteroatoms. The molecule has 0 aliphatic rings. The summed E-state index contributed by atoms with van der Waals surface area (Å²) in [5.74, 6) is 0.481. The minimum absolute atomic E-state index is 0.0593. The Morgan fingerprint density at radius 3 is 2.43 bits per heavy atom. The molecule has 0 aliphatic carbocycles. The van der Waals surface area contributed by atoms with E-state index in [9.17, 15) is 13.2 Å². The van der Waals surface area contributed by atoms with E-state index in [2.05, 4.69) is 15.9 Å². The molecule has 0 unspecified atom stereocenters. The normalized spacial score (nSPS) is 11.5. The Morgan fingerprint density at radius 1 is 1.14 bits per heavy atom. The third-order valence-electron chi connectivity index (χ3n) is 2.87. The summed E-state index contributed by atoms with van der Waals surface area (Å²) < 4.78 is 44.9. The average Bonchev–Trinajstić information content (AvgIpc) is 2.41. The number of halogens is 4. The van der Waals surface area contributed by atoms with E-state index in [0.29, 0.717) is 10.2 Å². The molecule has 2 aromatic carbocycles. The minimum Gasteiger partial charge on any atom is -0.456 e. The molecule has 2 aromatic rings. The van der Waals surface area contributed by atoms with Crippen molar-refractivity contribution >= 4 is 15.9 Å². The Kier molecular flexibility index (Phi) is 4.58. The van der Waals surface area contributed by atoms with Crippen LogP contribution in [-0.2, 0) is 12.8 Å². The van der Waals surface area contributed by atoms with Crippen molar-refractivity contribution in [2.45, 2.75) is 19.7 Å². The van der Waals surface area contributed by atoms with E-state index < -0.39 is 18.3 Å². The van der Waals surface area contributed by atoms with Crippen LogP contribution in [0.25, 0.3) is 0 Å². The zero-order valence-corrected chi connectivity index (χ0v) is 12.6. The van der Waals surface area contributed by atoms with Crippen LogP contribution in [0.1, 0.15) is 16.7 Å². The Bertz CT molecular complexity index is 654. The monoisotopic (exact) mass is 360 g/mol. The van der Waals surface area contributed by atoms with Gasteiger partial charge < -0.3 is 9.84 Å². The summed E-state index contributed by atoms with van der Waals surface area (Å²) in [6.45, 7) is 1.22. The lowest BCUT2D eigenvalue weighted by Crippen LogP contribution is -2.09. The number of hydrogen-bond acceptors (Lipinski definition) is 2. The van der Waals surface area contributed by atoms with E-state index in [-0.39, 0.29) is 11.3 Å². The first kappa shape index (κ1) is 15.9. The van der Waals surface area contributed by atoms with E-state index in [1.165, 1.54) is 12.1 Å². The number of ether oxygens (including phenoxy) is 1. The summed E-state index contributed by atoms with van der Waals surface area (Å²) in [6.07, 6.45) is -4.54. The highest BCUT2D eigenvalue weighted by Crippen LogP contribution is 2.37. The first-order valence-electron chi connectivity index (χ1n) is 6.06. The fourth-order valence-electron chi connectivity index (χ4n) is 1.84. The van der Waals surface area contributed by atoms with Crippen molar-refractivity contribution in [2.75, 3.05) is 0 Å². The summed E-state index contributed by atoms with van der Waals surface area (Å²) in [5.41, 5.74) is -0.0793. The molecule has 0 saturated carbocycles. The number of aliphatic hydroxyl groups excluding tert-OH is 1. The molecule has 0 radical (unpaired) electrons. The molecule has 0 spiro atoms. The van der Waals surface area contributed by atoms with Gasteiger partial charge in [0.25, 0.3) is 0 Å². The van der Waals surface area contributed by atoms with Gasteiger partial charge in [-0.1, -0.05) is 12.1 Å². The van der Waals surface area contributed by atoms with Crippen molar-refractivity contribution in [1.82, 2.24) is 0 Å². The first-order valence-corrected chi connectivity index (χ1v) is 6.85. The number of aryl methyl sites for hydroxylation is 1. The van der Waals surface area contributed by atoms with E-state index >= 15 is 0 Å². The van der Waals surface area contributed by atoms with Crippen LogP contribution in [0.5, 0.6) is 11.5 Å². The number of aliphatic hydroxyl groups is 1. The number of hydrogen-bond donors (Lipinski definition) is 1. The van der Waals surface area contributed by atoms with Crippen LogP contribution in [0.4, 0.5) is 13.2 Å². The van der Waals surface area contributed by atoms with Crippen LogP contribution in [0.2, 0.25) is 0 Å². The molecule has 0 heterocycles. The van der Waals surface area contributed by atoms with Gasteiger partial charge in [0, 0.05) is 0 Å². The third-order valence-corrected chi connectivity index (χ3v) is 3.49. The van der Waals surface area contributed by atoms with Gasteiger partial charge >= 0.3 is 6.18 Å². The molecule has 0 bridgehead atoms. The number of benzene rings is 2. The molecule has 0 amide bonds. The van der Waals surface area contributed by atoms with Gasteiger partial charge in [0.1, 0.15) is 11.5 Å². The van der Waals surface area contributed by atoms with Crippen molar-refractivity contribution in [2.24, 2.45) is 0 Å². The molecule has 0 atom stereocenters. The lowest BCUT2D eigenvalue weighted by molar-refractivity contribution is -0.138. The van der Waals surface area contributed by atoms with Crippen LogP contribution in [-0.4, -0.2) is 5.11 Å². The van der Waals surface area contributed by atoms with Gasteiger partial charge in [-0.15, -0.1) is 0 Å². The zero-order valence-electron chi connectivity index (χ0n) is 11.0. The van der Waals surface area contributed by atoms with Gasteiger partial charge in [-0.3, -0.25) is 0 Å². The van der Waals surface area contributed by atoms with Gasteiger partial charge in [0.05, 0.1) is 16.6 Å². The third kappa shape index (κ3) is 3.77. The Morgan fingerprint density at radius 2 is 1.86 bits per heavy atom. The molecule has 2 rings (SSSR count). The van der Waals surface area contributed by atoms with Crippen LogP contribution < -0.4 is 4.74 Å². The fraction of sp³-hybridized carbons (Fsp3) is 0.200. The van der Waals surface area contributed by atoms with Gasteiger partial charge in [-0.05, 0) is 58.2 Å². The van der Waals surface area contributed by atoms with Crippen LogP contribution in [0.3, 0.4) is 0 Å². The minimum atomic E-state index is -4.54. The maximum absolute atomic E-state index is 12.9. The first-order chi connectivity index (χ1) is 9.81. The van der Waals surface area contributed by atoms with Crippen LogP contribution in [0.15, 0.2) is 40.9 Å². The number of alkyl halides is 3. The lowest BCUT2D eigenvalue weighted by atomic mass is 10.1. The predicted molar refractivity (Wildman–Crippen MR) is 76.3 cm³/mol. The smallest absolute Gasteiger partial charge is 0.416 e. The second kappa shape index (κ2) is 6.07. The number of rotatable bonds is 3. The summed E-state index contributed by atoms with van der Waals surface area (Å²) in [7, 11) is 0. The molecular weight excluding hydrogens is 349 g/mol. The molecule has 2 nitrogen and oxygen atoms in total. The lowest BCUT2D eigenvalue weighted by Gasteiger charge is -2.14. The SMILES string of the molecule is Cc1ccc(Oc2ccc(CO)c(C(F)(F)F)c2)c(Br)c1. The molecule has 0 aliphatic heterocycles. The highest BCUT2D eigenvalue weighted by molar-refractivity contribution is 9.10. The summed E-state index contributed by atoms with van der Waals surface area (Å²) in [5, 5.41) is 8.99. The van der Waals surface area contributed by atoms with E-state index in [4.69, 9.17) is 9.84 Å². The van der Waals surface area contributed by atoms with Gasteiger partial charge in [-0.25, -0.2) is 0 Å². The van der Waals surface area contributed by atoms with E-state index in [0.717, 1.165) is 11.6 Å². The standard InChI is InChI=1S/C15H12BrF3O2/c1-9-2-5-14(13(16)6-9)21-11-4-3-10(8-20)12(7-11)15(17,18)19/h2-7,20H,8H2,1H3. The Labute approximate surface area is 128 Å². The molecule has 0 fully saturated rings. The second-order valence-electron chi connectivity index (χ2n) is 4.51. The predicted octanol–water partition coefficient (Wildman–Crippen LogP) is 5.06. The van der Waals surface area contributed by atoms with Gasteiger partial charge in [-0.2, -0.15) is 13.2 Å². The van der Waals surface area contributed by atoms with Crippen LogP contribution >= 0.6 is 15.9 Å². The van der Waals surface area contributed by atoms with Crippen molar-refractivity contribution in [1.29, 1.82) is 0 Å². The van der Waals surface area contributed by atoms with Crippen molar-refractivity contribution < 1.29 is 23.0 Å². The quantitative estimate of drug-likeness (QED) is 0.828. The van der Waals surface area contributed by atoms with Crippen LogP contribution in [0, 0.1) is 6.92 Å². The maximum Gasteiger partial charge on any atom is 0.416 e. The summed E-state index contributed by atoms with van der Waals surface area (Å²) in [6, 6.07) is 8.77. The summed E-state index contributed by atoms with van der Waals surface area (Å²) in [4.78, 5) is 0. The van der Waals surface area contributed by atoms with Gasteiger partial charge in [0.2, 0.25) is 0 Å². The fourth-order valence-corrected chi connectivity index (χ4v) is 2.41. The molecule has 21 heavy (non-hydrogen) atoms.